The quantitative estimate of drug-likeness (QED) is 0.761. The number of nitrogens with zero attached hydrogens (tertiary/aromatic N) is 1. The highest BCUT2D eigenvalue weighted by atomic mass is 16.3. The minimum Gasteiger partial charge on any atom is -0.463 e. The molecule has 0 radical (unpaired) electrons. The van der Waals surface area contributed by atoms with Gasteiger partial charge in [-0.25, -0.2) is 0 Å². The van der Waals surface area contributed by atoms with E-state index in [9.17, 15) is 9.90 Å². The van der Waals surface area contributed by atoms with Gasteiger partial charge >= 0.3 is 0 Å². The van der Waals surface area contributed by atoms with Crippen LogP contribution in [0.15, 0.2) is 47.1 Å². The number of amides is 1. The molecule has 0 saturated carbocycles. The maximum absolute atomic E-state index is 12.4. The number of fused-ring (bicyclic) bond motifs is 1. The van der Waals surface area contributed by atoms with Gasteiger partial charge in [-0.05, 0) is 19.4 Å². The fourth-order valence-electron chi connectivity index (χ4n) is 2.54. The lowest BCUT2D eigenvalue weighted by molar-refractivity contribution is 0.0915. The molecule has 5 heteroatoms. The summed E-state index contributed by atoms with van der Waals surface area (Å²) in [4.78, 5) is 12.4. The van der Waals surface area contributed by atoms with Gasteiger partial charge in [0.25, 0.3) is 5.91 Å². The van der Waals surface area contributed by atoms with Gasteiger partial charge in [-0.3, -0.25) is 4.79 Å². The molecule has 0 spiro atoms. The predicted molar refractivity (Wildman–Crippen MR) is 88.5 cm³/mol. The van der Waals surface area contributed by atoms with Gasteiger partial charge in [0.2, 0.25) is 0 Å². The lowest BCUT2D eigenvalue weighted by Crippen LogP contribution is -2.32. The monoisotopic (exact) mass is 312 g/mol. The number of carbonyl (C=O) groups excluding carboxylic acids is 1. The summed E-state index contributed by atoms with van der Waals surface area (Å²) < 4.78 is 7.35. The molecule has 2 aromatic heterocycles. The second-order valence-electron chi connectivity index (χ2n) is 5.83. The normalized spacial score (nSPS) is 12.5. The Balaban J connectivity index is 1.93. The van der Waals surface area contributed by atoms with Gasteiger partial charge in [-0.2, -0.15) is 0 Å². The summed E-state index contributed by atoms with van der Waals surface area (Å²) in [5, 5.41) is 12.1. The molecule has 3 aromatic rings. The molecular formula is C18H20N2O3. The second-order valence-corrected chi connectivity index (χ2v) is 5.83. The smallest absolute Gasteiger partial charge is 0.268 e. The zero-order valence-electron chi connectivity index (χ0n) is 13.2. The number of nitrogens with one attached hydrogen (secondary N) is 1. The summed E-state index contributed by atoms with van der Waals surface area (Å²) in [7, 11) is 0. The molecule has 23 heavy (non-hydrogen) atoms. The number of aryl methyl sites for hydroxylation is 1. The largest absolute Gasteiger partial charge is 0.463 e. The number of aliphatic hydroxyl groups is 1. The van der Waals surface area contributed by atoms with Gasteiger partial charge in [0.15, 0.2) is 5.58 Å². The van der Waals surface area contributed by atoms with Crippen LogP contribution in [0.1, 0.15) is 28.5 Å². The van der Waals surface area contributed by atoms with Crippen molar-refractivity contribution in [1.29, 1.82) is 0 Å². The van der Waals surface area contributed by atoms with Crippen molar-refractivity contribution in [3.8, 4) is 0 Å². The minimum atomic E-state index is -0.581. The van der Waals surface area contributed by atoms with E-state index in [2.05, 4.69) is 29.6 Å². The molecule has 1 amide bonds. The van der Waals surface area contributed by atoms with E-state index in [0.29, 0.717) is 17.8 Å². The van der Waals surface area contributed by atoms with Crippen molar-refractivity contribution in [2.24, 2.45) is 0 Å². The first-order chi connectivity index (χ1) is 11.0. The molecule has 0 fully saturated rings. The molecule has 1 atom stereocenters. The Morgan fingerprint density at radius 3 is 2.74 bits per heavy atom. The van der Waals surface area contributed by atoms with Crippen LogP contribution < -0.4 is 5.32 Å². The van der Waals surface area contributed by atoms with Crippen LogP contribution >= 0.6 is 0 Å². The maximum atomic E-state index is 12.4. The Morgan fingerprint density at radius 1 is 1.30 bits per heavy atom. The van der Waals surface area contributed by atoms with E-state index in [1.165, 1.54) is 5.56 Å². The van der Waals surface area contributed by atoms with E-state index in [4.69, 9.17) is 4.42 Å². The number of carbonyl (C=O) groups is 1. The number of aromatic nitrogens is 1. The Bertz CT molecular complexity index is 813. The van der Waals surface area contributed by atoms with Gasteiger partial charge in [0.05, 0.1) is 17.9 Å². The van der Waals surface area contributed by atoms with E-state index in [-0.39, 0.29) is 12.5 Å². The van der Waals surface area contributed by atoms with Crippen molar-refractivity contribution in [1.82, 2.24) is 9.88 Å². The van der Waals surface area contributed by atoms with Crippen LogP contribution in [0.25, 0.3) is 11.1 Å². The molecule has 0 bridgehead atoms. The van der Waals surface area contributed by atoms with Gasteiger partial charge in [0.1, 0.15) is 5.69 Å². The third kappa shape index (κ3) is 3.29. The number of benzene rings is 1. The van der Waals surface area contributed by atoms with Crippen LogP contribution in [0.3, 0.4) is 0 Å². The summed E-state index contributed by atoms with van der Waals surface area (Å²) in [5.41, 5.74) is 4.40. The van der Waals surface area contributed by atoms with Gasteiger partial charge in [-0.15, -0.1) is 0 Å². The lowest BCUT2D eigenvalue weighted by atomic mass is 10.1. The van der Waals surface area contributed by atoms with E-state index in [1.54, 1.807) is 19.3 Å². The molecule has 0 saturated heterocycles. The van der Waals surface area contributed by atoms with E-state index >= 15 is 0 Å². The first kappa shape index (κ1) is 15.4. The molecule has 0 aliphatic rings. The number of aliphatic hydroxyl groups excluding tert-OH is 1. The van der Waals surface area contributed by atoms with Crippen LogP contribution in [0, 0.1) is 6.92 Å². The summed E-state index contributed by atoms with van der Waals surface area (Å²) in [6.07, 6.45) is 1.04. The third-order valence-corrected chi connectivity index (χ3v) is 3.77. The van der Waals surface area contributed by atoms with Gasteiger partial charge in [-0.1, -0.05) is 29.8 Å². The van der Waals surface area contributed by atoms with Crippen molar-refractivity contribution < 1.29 is 14.3 Å². The van der Waals surface area contributed by atoms with Crippen LogP contribution in [0.2, 0.25) is 0 Å². The SMILES string of the molecule is Cc1ccc(Cn2c(C(=O)NCC(C)O)cc3occc32)cc1. The van der Waals surface area contributed by atoms with Crippen LogP contribution in [-0.2, 0) is 6.54 Å². The minimum absolute atomic E-state index is 0.218. The average Bonchev–Trinajstić information content (AvgIpc) is 3.09. The van der Waals surface area contributed by atoms with Crippen molar-refractivity contribution >= 4 is 17.0 Å². The average molecular weight is 312 g/mol. The number of rotatable bonds is 5. The highest BCUT2D eigenvalue weighted by molar-refractivity contribution is 5.97. The van der Waals surface area contributed by atoms with Gasteiger partial charge < -0.3 is 19.4 Å². The maximum Gasteiger partial charge on any atom is 0.268 e. The molecule has 2 heterocycles. The number of furan rings is 1. The molecule has 1 aromatic carbocycles. The molecular weight excluding hydrogens is 292 g/mol. The lowest BCUT2D eigenvalue weighted by Gasteiger charge is -2.11. The first-order valence-corrected chi connectivity index (χ1v) is 7.63. The molecule has 0 aliphatic carbocycles. The topological polar surface area (TPSA) is 67.4 Å². The highest BCUT2D eigenvalue weighted by Crippen LogP contribution is 2.22. The fourth-order valence-corrected chi connectivity index (χ4v) is 2.54. The first-order valence-electron chi connectivity index (χ1n) is 7.63. The molecule has 5 nitrogen and oxygen atoms in total. The molecule has 2 N–H and O–H groups in total. The van der Waals surface area contributed by atoms with Crippen LogP contribution in [0.5, 0.6) is 0 Å². The summed E-state index contributed by atoms with van der Waals surface area (Å²) in [6, 6.07) is 11.8. The van der Waals surface area contributed by atoms with Gasteiger partial charge in [0, 0.05) is 25.2 Å². The van der Waals surface area contributed by atoms with Crippen molar-refractivity contribution in [3.05, 3.63) is 59.5 Å². The zero-order chi connectivity index (χ0) is 16.4. The Kier molecular flexibility index (Phi) is 4.21. The van der Waals surface area contributed by atoms with Crippen LogP contribution in [-0.4, -0.2) is 28.2 Å². The molecule has 0 aliphatic heterocycles. The van der Waals surface area contributed by atoms with E-state index < -0.39 is 6.10 Å². The zero-order valence-corrected chi connectivity index (χ0v) is 13.2. The summed E-state index contributed by atoms with van der Waals surface area (Å²) >= 11 is 0. The van der Waals surface area contributed by atoms with E-state index in [0.717, 1.165) is 11.1 Å². The molecule has 120 valence electrons. The van der Waals surface area contributed by atoms with Crippen molar-refractivity contribution in [2.45, 2.75) is 26.5 Å². The van der Waals surface area contributed by atoms with Crippen LogP contribution in [0.4, 0.5) is 0 Å². The fraction of sp³-hybridized carbons (Fsp3) is 0.278. The summed E-state index contributed by atoms with van der Waals surface area (Å²) in [5.74, 6) is -0.218. The Morgan fingerprint density at radius 2 is 2.04 bits per heavy atom. The number of hydrogen-bond donors (Lipinski definition) is 2. The second kappa shape index (κ2) is 6.30. The highest BCUT2D eigenvalue weighted by Gasteiger charge is 2.17. The predicted octanol–water partition coefficient (Wildman–Crippen LogP) is 2.70. The van der Waals surface area contributed by atoms with Crippen molar-refractivity contribution in [3.63, 3.8) is 0 Å². The molecule has 3 rings (SSSR count). The Hall–Kier alpha value is -2.53. The molecule has 1 unspecified atom stereocenters. The van der Waals surface area contributed by atoms with E-state index in [1.807, 2.05) is 17.6 Å². The Labute approximate surface area is 134 Å². The van der Waals surface area contributed by atoms with Crippen molar-refractivity contribution in [2.75, 3.05) is 6.54 Å². The third-order valence-electron chi connectivity index (χ3n) is 3.77. The number of hydrogen-bond acceptors (Lipinski definition) is 3. The standard InChI is InChI=1S/C18H20N2O3/c1-12-3-5-14(6-4-12)11-20-15-7-8-23-17(15)9-16(20)18(22)19-10-13(2)21/h3-9,13,21H,10-11H2,1-2H3,(H,19,22). The summed E-state index contributed by atoms with van der Waals surface area (Å²) in [6.45, 7) is 4.48.